The summed E-state index contributed by atoms with van der Waals surface area (Å²) in [5.74, 6) is 0.0431. The molecule has 5 aromatic rings. The van der Waals surface area contributed by atoms with Crippen LogP contribution in [0.3, 0.4) is 0 Å². The SMILES string of the molecule is CCc1nc2c(C)cc(C)nc2n1Cc1cccc2nc(-c3ccccc3C(=O)O)ccc12. The second-order valence-electron chi connectivity index (χ2n) is 8.25. The van der Waals surface area contributed by atoms with Gasteiger partial charge >= 0.3 is 5.97 Å². The number of carboxylic acids is 1. The standard InChI is InChI=1S/C27H24N4O2/c1-4-24-30-25-16(2)14-17(3)28-26(25)31(24)15-18-8-7-11-22-19(18)12-13-23(29-22)20-9-5-6-10-21(20)27(32)33/h5-14H,4,15H2,1-3H3,(H,32,33). The molecule has 164 valence electrons. The van der Waals surface area contributed by atoms with Gasteiger partial charge in [-0.15, -0.1) is 0 Å². The highest BCUT2D eigenvalue weighted by Crippen LogP contribution is 2.28. The molecule has 0 bridgehead atoms. The smallest absolute Gasteiger partial charge is 0.336 e. The van der Waals surface area contributed by atoms with Crippen LogP contribution in [0.4, 0.5) is 0 Å². The number of fused-ring (bicyclic) bond motifs is 2. The summed E-state index contributed by atoms with van der Waals surface area (Å²) in [7, 11) is 0. The van der Waals surface area contributed by atoms with Crippen LogP contribution in [-0.2, 0) is 13.0 Å². The van der Waals surface area contributed by atoms with Gasteiger partial charge in [0, 0.05) is 23.1 Å². The third kappa shape index (κ3) is 3.63. The highest BCUT2D eigenvalue weighted by Gasteiger charge is 2.16. The summed E-state index contributed by atoms with van der Waals surface area (Å²) < 4.78 is 2.19. The van der Waals surface area contributed by atoms with Crippen molar-refractivity contribution in [2.75, 3.05) is 0 Å². The number of benzene rings is 2. The Labute approximate surface area is 191 Å². The maximum absolute atomic E-state index is 11.7. The number of hydrogen-bond acceptors (Lipinski definition) is 4. The molecule has 6 nitrogen and oxygen atoms in total. The number of pyridine rings is 2. The lowest BCUT2D eigenvalue weighted by atomic mass is 10.0. The highest BCUT2D eigenvalue weighted by molar-refractivity contribution is 5.96. The minimum atomic E-state index is -0.960. The van der Waals surface area contributed by atoms with Crippen LogP contribution in [0.15, 0.2) is 60.7 Å². The van der Waals surface area contributed by atoms with Gasteiger partial charge in [0.1, 0.15) is 11.3 Å². The summed E-state index contributed by atoms with van der Waals surface area (Å²) in [4.78, 5) is 26.1. The van der Waals surface area contributed by atoms with Crippen molar-refractivity contribution in [3.63, 3.8) is 0 Å². The predicted molar refractivity (Wildman–Crippen MR) is 130 cm³/mol. The summed E-state index contributed by atoms with van der Waals surface area (Å²) in [5.41, 5.74) is 7.41. The number of nitrogens with zero attached hydrogens (tertiary/aromatic N) is 4. The van der Waals surface area contributed by atoms with Crippen molar-refractivity contribution in [3.8, 4) is 11.3 Å². The van der Waals surface area contributed by atoms with Crippen LogP contribution in [-0.4, -0.2) is 30.6 Å². The molecule has 0 aliphatic heterocycles. The number of carboxylic acid groups (broad SMARTS) is 1. The molecule has 6 heteroatoms. The van der Waals surface area contributed by atoms with Gasteiger partial charge in [0.15, 0.2) is 5.65 Å². The molecule has 0 atom stereocenters. The molecular weight excluding hydrogens is 412 g/mol. The lowest BCUT2D eigenvalue weighted by Gasteiger charge is -2.12. The maximum atomic E-state index is 11.7. The predicted octanol–water partition coefficient (Wildman–Crippen LogP) is 5.57. The summed E-state index contributed by atoms with van der Waals surface area (Å²) in [6, 6.07) is 19.0. The first-order valence-corrected chi connectivity index (χ1v) is 11.0. The Morgan fingerprint density at radius 3 is 2.58 bits per heavy atom. The van der Waals surface area contributed by atoms with E-state index in [1.807, 2.05) is 37.3 Å². The van der Waals surface area contributed by atoms with E-state index in [2.05, 4.69) is 30.5 Å². The fourth-order valence-electron chi connectivity index (χ4n) is 4.45. The minimum Gasteiger partial charge on any atom is -0.478 e. The van der Waals surface area contributed by atoms with E-state index in [1.54, 1.807) is 18.2 Å². The molecule has 2 aromatic carbocycles. The molecule has 3 heterocycles. The molecule has 3 aromatic heterocycles. The molecule has 1 N–H and O–H groups in total. The zero-order valence-corrected chi connectivity index (χ0v) is 18.8. The van der Waals surface area contributed by atoms with Gasteiger partial charge < -0.3 is 9.67 Å². The lowest BCUT2D eigenvalue weighted by molar-refractivity contribution is 0.0697. The molecule has 33 heavy (non-hydrogen) atoms. The van der Waals surface area contributed by atoms with Crippen molar-refractivity contribution >= 4 is 28.0 Å². The van der Waals surface area contributed by atoms with Crippen LogP contribution < -0.4 is 0 Å². The number of imidazole rings is 1. The van der Waals surface area contributed by atoms with Gasteiger partial charge in [-0.1, -0.05) is 43.3 Å². The summed E-state index contributed by atoms with van der Waals surface area (Å²) in [5, 5.41) is 10.6. The molecule has 0 radical (unpaired) electrons. The van der Waals surface area contributed by atoms with Crippen LogP contribution in [0.25, 0.3) is 33.3 Å². The second kappa shape index (κ2) is 8.13. The Morgan fingerprint density at radius 1 is 0.970 bits per heavy atom. The number of aromatic carboxylic acids is 1. The quantitative estimate of drug-likeness (QED) is 0.389. The average molecular weight is 437 g/mol. The largest absolute Gasteiger partial charge is 0.478 e. The Bertz CT molecular complexity index is 1530. The zero-order valence-electron chi connectivity index (χ0n) is 18.8. The van der Waals surface area contributed by atoms with Crippen LogP contribution in [0.5, 0.6) is 0 Å². The van der Waals surface area contributed by atoms with Crippen LogP contribution in [0.1, 0.15) is 39.9 Å². The molecule has 0 saturated carbocycles. The van der Waals surface area contributed by atoms with Crippen molar-refractivity contribution in [2.45, 2.75) is 33.7 Å². The third-order valence-electron chi connectivity index (χ3n) is 6.00. The van der Waals surface area contributed by atoms with E-state index in [0.717, 1.165) is 51.1 Å². The fourth-order valence-corrected chi connectivity index (χ4v) is 4.45. The Hall–Kier alpha value is -4.06. The van der Waals surface area contributed by atoms with Crippen molar-refractivity contribution in [1.29, 1.82) is 0 Å². The van der Waals surface area contributed by atoms with Gasteiger partial charge in [0.25, 0.3) is 0 Å². The number of rotatable bonds is 5. The van der Waals surface area contributed by atoms with Gasteiger partial charge in [0.05, 0.1) is 23.3 Å². The van der Waals surface area contributed by atoms with E-state index in [9.17, 15) is 9.90 Å². The second-order valence-corrected chi connectivity index (χ2v) is 8.25. The van der Waals surface area contributed by atoms with Crippen molar-refractivity contribution in [3.05, 3.63) is 88.9 Å². The fraction of sp³-hybridized carbons (Fsp3) is 0.185. The molecule has 0 amide bonds. The van der Waals surface area contributed by atoms with Crippen LogP contribution in [0, 0.1) is 13.8 Å². The van der Waals surface area contributed by atoms with Gasteiger partial charge in [-0.2, -0.15) is 0 Å². The molecule has 0 aliphatic rings. The summed E-state index contributed by atoms with van der Waals surface area (Å²) in [6.07, 6.45) is 0.813. The first-order chi connectivity index (χ1) is 16.0. The van der Waals surface area contributed by atoms with Crippen LogP contribution in [0.2, 0.25) is 0 Å². The molecule has 0 aliphatic carbocycles. The average Bonchev–Trinajstić information content (AvgIpc) is 3.16. The Balaban J connectivity index is 1.62. The van der Waals surface area contributed by atoms with E-state index >= 15 is 0 Å². The number of aryl methyl sites for hydroxylation is 3. The summed E-state index contributed by atoms with van der Waals surface area (Å²) >= 11 is 0. The van der Waals surface area contributed by atoms with Gasteiger partial charge in [-0.05, 0) is 49.2 Å². The zero-order chi connectivity index (χ0) is 23.1. The van der Waals surface area contributed by atoms with E-state index in [0.29, 0.717) is 17.8 Å². The molecule has 0 fully saturated rings. The van der Waals surface area contributed by atoms with E-state index < -0.39 is 5.97 Å². The number of carbonyl (C=O) groups is 1. The molecule has 0 unspecified atom stereocenters. The topological polar surface area (TPSA) is 80.9 Å². The maximum Gasteiger partial charge on any atom is 0.336 e. The van der Waals surface area contributed by atoms with Gasteiger partial charge in [-0.25, -0.2) is 19.7 Å². The van der Waals surface area contributed by atoms with Crippen LogP contribution >= 0.6 is 0 Å². The van der Waals surface area contributed by atoms with Crippen molar-refractivity contribution in [1.82, 2.24) is 19.5 Å². The Morgan fingerprint density at radius 2 is 1.79 bits per heavy atom. The van der Waals surface area contributed by atoms with E-state index in [4.69, 9.17) is 15.0 Å². The van der Waals surface area contributed by atoms with Gasteiger partial charge in [-0.3, -0.25) is 0 Å². The van der Waals surface area contributed by atoms with E-state index in [-0.39, 0.29) is 5.56 Å². The monoisotopic (exact) mass is 436 g/mol. The third-order valence-corrected chi connectivity index (χ3v) is 6.00. The highest BCUT2D eigenvalue weighted by atomic mass is 16.4. The number of aromatic nitrogens is 4. The molecule has 0 spiro atoms. The van der Waals surface area contributed by atoms with Crippen molar-refractivity contribution in [2.24, 2.45) is 0 Å². The lowest BCUT2D eigenvalue weighted by Crippen LogP contribution is -2.06. The first-order valence-electron chi connectivity index (χ1n) is 11.0. The molecule has 5 rings (SSSR count). The van der Waals surface area contributed by atoms with Gasteiger partial charge in [0.2, 0.25) is 0 Å². The molecule has 0 saturated heterocycles. The molecular formula is C27H24N4O2. The normalized spacial score (nSPS) is 11.4. The Kier molecular flexibility index (Phi) is 5.13. The summed E-state index contributed by atoms with van der Waals surface area (Å²) in [6.45, 7) is 6.83. The first kappa shape index (κ1) is 20.8. The minimum absolute atomic E-state index is 0.245. The van der Waals surface area contributed by atoms with Crippen molar-refractivity contribution < 1.29 is 9.90 Å². The van der Waals surface area contributed by atoms with E-state index in [1.165, 1.54) is 0 Å². The number of hydrogen-bond donors (Lipinski definition) is 1.